The molecule has 120 valence electrons. The average molecular weight is 353 g/mol. The highest BCUT2D eigenvalue weighted by Crippen LogP contribution is 2.32. The summed E-state index contributed by atoms with van der Waals surface area (Å²) in [4.78, 5) is 4.47. The van der Waals surface area contributed by atoms with Crippen LogP contribution < -0.4 is 4.74 Å². The van der Waals surface area contributed by atoms with Crippen molar-refractivity contribution < 1.29 is 9.26 Å². The summed E-state index contributed by atoms with van der Waals surface area (Å²) in [6, 6.07) is 5.22. The lowest BCUT2D eigenvalue weighted by Gasteiger charge is -2.20. The first-order valence-electron chi connectivity index (χ1n) is 6.80. The Bertz CT molecular complexity index is 842. The third-order valence-electron chi connectivity index (χ3n) is 3.48. The third kappa shape index (κ3) is 2.92. The molecule has 3 rings (SSSR count). The van der Waals surface area contributed by atoms with E-state index in [1.165, 1.54) is 0 Å². The molecule has 8 heteroatoms. The molecule has 0 unspecified atom stereocenters. The number of hydrogen-bond donors (Lipinski definition) is 0. The molecule has 0 aliphatic carbocycles. The molecule has 0 amide bonds. The zero-order chi connectivity index (χ0) is 16.6. The van der Waals surface area contributed by atoms with Gasteiger partial charge in [0, 0.05) is 11.2 Å². The van der Waals surface area contributed by atoms with Gasteiger partial charge in [-0.2, -0.15) is 10.1 Å². The number of aromatic nitrogens is 4. The van der Waals surface area contributed by atoms with E-state index in [2.05, 4.69) is 15.2 Å². The first-order valence-corrected chi connectivity index (χ1v) is 7.56. The molecule has 0 bridgehead atoms. The Labute approximate surface area is 143 Å². The van der Waals surface area contributed by atoms with Crippen LogP contribution >= 0.6 is 23.2 Å². The summed E-state index contributed by atoms with van der Waals surface area (Å²) >= 11 is 12.0. The highest BCUT2D eigenvalue weighted by molar-refractivity contribution is 6.31. The predicted octanol–water partition coefficient (Wildman–Crippen LogP) is 4.03. The van der Waals surface area contributed by atoms with Gasteiger partial charge >= 0.3 is 0 Å². The van der Waals surface area contributed by atoms with Crippen molar-refractivity contribution in [3.63, 3.8) is 0 Å². The number of hydrogen-bond acceptors (Lipinski definition) is 5. The third-order valence-corrected chi connectivity index (χ3v) is 3.91. The van der Waals surface area contributed by atoms with Crippen molar-refractivity contribution in [2.75, 3.05) is 7.11 Å². The van der Waals surface area contributed by atoms with E-state index in [1.54, 1.807) is 42.4 Å². The first kappa shape index (κ1) is 15.8. The number of nitrogens with zero attached hydrogens (tertiary/aromatic N) is 4. The second-order valence-corrected chi connectivity index (χ2v) is 6.30. The number of rotatable bonds is 4. The van der Waals surface area contributed by atoms with Crippen molar-refractivity contribution in [3.8, 4) is 17.1 Å². The minimum absolute atomic E-state index is 0.394. The second-order valence-electron chi connectivity index (χ2n) is 5.43. The quantitative estimate of drug-likeness (QED) is 0.708. The molecule has 6 nitrogen and oxygen atoms in total. The molecule has 2 heterocycles. The van der Waals surface area contributed by atoms with Crippen LogP contribution in [-0.2, 0) is 5.54 Å². The van der Waals surface area contributed by atoms with Crippen molar-refractivity contribution in [1.29, 1.82) is 0 Å². The molecule has 3 aromatic rings. The van der Waals surface area contributed by atoms with Crippen LogP contribution in [0.3, 0.4) is 0 Å². The lowest BCUT2D eigenvalue weighted by molar-refractivity contribution is 0.261. The zero-order valence-corrected chi connectivity index (χ0v) is 14.3. The Balaban J connectivity index is 2.02. The fraction of sp³-hybridized carbons (Fsp3) is 0.267. The van der Waals surface area contributed by atoms with E-state index in [0.717, 1.165) is 0 Å². The number of benzene rings is 1. The van der Waals surface area contributed by atoms with Gasteiger partial charge in [0.2, 0.25) is 5.82 Å². The number of methoxy groups -OCH3 is 1. The second kappa shape index (κ2) is 5.86. The van der Waals surface area contributed by atoms with Crippen LogP contribution in [0.25, 0.3) is 11.4 Å². The van der Waals surface area contributed by atoms with Gasteiger partial charge in [0.15, 0.2) is 0 Å². The number of halogens is 2. The Kier molecular flexibility index (Phi) is 4.04. The van der Waals surface area contributed by atoms with Gasteiger partial charge in [-0.05, 0) is 32.0 Å². The van der Waals surface area contributed by atoms with Crippen molar-refractivity contribution in [2.45, 2.75) is 19.4 Å². The molecular formula is C15H14Cl2N4O2. The monoisotopic (exact) mass is 352 g/mol. The molecule has 0 N–H and O–H groups in total. The molecular weight excluding hydrogens is 339 g/mol. The minimum Gasteiger partial charge on any atom is -0.496 e. The molecule has 1 aromatic carbocycles. The summed E-state index contributed by atoms with van der Waals surface area (Å²) in [6.45, 7) is 3.81. The molecule has 0 fully saturated rings. The van der Waals surface area contributed by atoms with E-state index in [0.29, 0.717) is 33.1 Å². The SMILES string of the molecule is COc1ccc(Cl)cc1-c1noc(C(C)(C)n2cc(Cl)cn2)n1. The van der Waals surface area contributed by atoms with Crippen molar-refractivity contribution in [3.05, 3.63) is 46.5 Å². The first-order chi connectivity index (χ1) is 10.9. The van der Waals surface area contributed by atoms with Crippen LogP contribution in [0.5, 0.6) is 5.75 Å². The summed E-state index contributed by atoms with van der Waals surface area (Å²) in [5.74, 6) is 1.40. The van der Waals surface area contributed by atoms with Gasteiger partial charge in [-0.1, -0.05) is 28.4 Å². The van der Waals surface area contributed by atoms with Gasteiger partial charge in [0.05, 0.1) is 23.9 Å². The van der Waals surface area contributed by atoms with E-state index in [4.69, 9.17) is 32.5 Å². The smallest absolute Gasteiger partial charge is 0.254 e. The van der Waals surface area contributed by atoms with Crippen LogP contribution in [0.2, 0.25) is 10.0 Å². The van der Waals surface area contributed by atoms with Gasteiger partial charge in [-0.3, -0.25) is 4.68 Å². The Morgan fingerprint density at radius 3 is 2.65 bits per heavy atom. The highest BCUT2D eigenvalue weighted by atomic mass is 35.5. The van der Waals surface area contributed by atoms with Gasteiger partial charge in [0.25, 0.3) is 5.89 Å². The average Bonchev–Trinajstić information content (AvgIpc) is 3.16. The van der Waals surface area contributed by atoms with Crippen LogP contribution in [0, 0.1) is 0 Å². The lowest BCUT2D eigenvalue weighted by Crippen LogP contribution is -2.28. The number of ether oxygens (including phenoxy) is 1. The zero-order valence-electron chi connectivity index (χ0n) is 12.7. The van der Waals surface area contributed by atoms with Crippen molar-refractivity contribution in [1.82, 2.24) is 19.9 Å². The predicted molar refractivity (Wildman–Crippen MR) is 87.0 cm³/mol. The maximum absolute atomic E-state index is 6.05. The van der Waals surface area contributed by atoms with E-state index in [1.807, 2.05) is 13.8 Å². The molecule has 0 saturated heterocycles. The van der Waals surface area contributed by atoms with E-state index in [9.17, 15) is 0 Å². The Hall–Kier alpha value is -2.05. The highest BCUT2D eigenvalue weighted by Gasteiger charge is 2.31. The van der Waals surface area contributed by atoms with Crippen LogP contribution in [-0.4, -0.2) is 27.0 Å². The topological polar surface area (TPSA) is 66.0 Å². The summed E-state index contributed by atoms with van der Waals surface area (Å²) in [7, 11) is 1.57. The maximum atomic E-state index is 6.05. The van der Waals surface area contributed by atoms with Gasteiger partial charge in [-0.15, -0.1) is 0 Å². The molecule has 0 atom stereocenters. The maximum Gasteiger partial charge on any atom is 0.254 e. The summed E-state index contributed by atoms with van der Waals surface area (Å²) in [5.41, 5.74) is 0.00815. The molecule has 23 heavy (non-hydrogen) atoms. The standard InChI is InChI=1S/C15H14Cl2N4O2/c1-15(2,21-8-10(17)7-18-21)14-19-13(20-23-14)11-6-9(16)4-5-12(11)22-3/h4-8H,1-3H3. The van der Waals surface area contributed by atoms with E-state index >= 15 is 0 Å². The van der Waals surface area contributed by atoms with Gasteiger partial charge in [-0.25, -0.2) is 0 Å². The summed E-state index contributed by atoms with van der Waals surface area (Å²) in [5, 5.41) is 9.34. The van der Waals surface area contributed by atoms with Gasteiger partial charge in [0.1, 0.15) is 11.3 Å². The molecule has 0 aliphatic heterocycles. The largest absolute Gasteiger partial charge is 0.496 e. The molecule has 0 saturated carbocycles. The molecule has 0 aliphatic rings. The fourth-order valence-corrected chi connectivity index (χ4v) is 2.45. The van der Waals surface area contributed by atoms with E-state index in [-0.39, 0.29) is 0 Å². The molecule has 0 radical (unpaired) electrons. The van der Waals surface area contributed by atoms with E-state index < -0.39 is 5.54 Å². The molecule has 0 spiro atoms. The Morgan fingerprint density at radius 1 is 1.22 bits per heavy atom. The van der Waals surface area contributed by atoms with Crippen LogP contribution in [0.1, 0.15) is 19.7 Å². The molecule has 2 aromatic heterocycles. The summed E-state index contributed by atoms with van der Waals surface area (Å²) in [6.07, 6.45) is 3.26. The minimum atomic E-state index is -0.649. The fourth-order valence-electron chi connectivity index (χ4n) is 2.14. The van der Waals surface area contributed by atoms with Crippen LogP contribution in [0.4, 0.5) is 0 Å². The van der Waals surface area contributed by atoms with Gasteiger partial charge < -0.3 is 9.26 Å². The summed E-state index contributed by atoms with van der Waals surface area (Å²) < 4.78 is 12.4. The Morgan fingerprint density at radius 2 is 2.00 bits per heavy atom. The normalized spacial score (nSPS) is 11.7. The lowest BCUT2D eigenvalue weighted by atomic mass is 10.1. The van der Waals surface area contributed by atoms with Crippen molar-refractivity contribution in [2.24, 2.45) is 0 Å². The van der Waals surface area contributed by atoms with Crippen LogP contribution in [0.15, 0.2) is 35.1 Å². The van der Waals surface area contributed by atoms with Crippen molar-refractivity contribution >= 4 is 23.2 Å².